The first-order valence-electron chi connectivity index (χ1n) is 14.2. The van der Waals surface area contributed by atoms with Gasteiger partial charge in [0.2, 0.25) is 5.69 Å². The van der Waals surface area contributed by atoms with Gasteiger partial charge in [0.05, 0.1) is 11.1 Å². The highest BCUT2D eigenvalue weighted by Crippen LogP contribution is 2.53. The second-order valence-electron chi connectivity index (χ2n) is 11.9. The molecule has 7 rings (SSSR count). The topological polar surface area (TPSA) is 17.0 Å². The van der Waals surface area contributed by atoms with Crippen molar-refractivity contribution in [2.75, 3.05) is 0 Å². The number of nitrogens with zero attached hydrogens (tertiary/aromatic N) is 1. The molecule has 2 saturated carbocycles. The summed E-state index contributed by atoms with van der Waals surface area (Å²) in [5.41, 5.74) is 8.14. The Morgan fingerprint density at radius 1 is 0.816 bits per heavy atom. The van der Waals surface area contributed by atoms with Gasteiger partial charge in [0.15, 0.2) is 6.20 Å². The maximum atomic E-state index is 15.5. The van der Waals surface area contributed by atoms with E-state index in [-0.39, 0.29) is 5.82 Å². The first kappa shape index (κ1) is 23.6. The molecule has 3 heteroatoms. The first-order valence-corrected chi connectivity index (χ1v) is 14.2. The monoisotopic (exact) mass is 504 g/mol. The van der Waals surface area contributed by atoms with Crippen molar-refractivity contribution in [2.45, 2.75) is 64.2 Å². The molecule has 0 N–H and O–H groups in total. The van der Waals surface area contributed by atoms with E-state index in [1.807, 2.05) is 31.4 Å². The molecule has 1 unspecified atom stereocenters. The zero-order chi connectivity index (χ0) is 25.9. The fraction of sp³-hybridized carbons (Fsp3) is 0.343. The van der Waals surface area contributed by atoms with Crippen LogP contribution >= 0.6 is 0 Å². The number of furan rings is 1. The van der Waals surface area contributed by atoms with Crippen LogP contribution in [0.15, 0.2) is 77.3 Å². The number of rotatable bonds is 3. The lowest BCUT2D eigenvalue weighted by Gasteiger charge is -2.38. The molecule has 0 radical (unpaired) electrons. The van der Waals surface area contributed by atoms with Crippen LogP contribution in [-0.2, 0) is 7.05 Å². The van der Waals surface area contributed by atoms with E-state index >= 15 is 4.39 Å². The summed E-state index contributed by atoms with van der Waals surface area (Å²) in [5.74, 6) is 0.385. The minimum absolute atomic E-state index is 0.240. The molecule has 0 amide bonds. The molecule has 2 aliphatic rings. The Morgan fingerprint density at radius 3 is 2.29 bits per heavy atom. The van der Waals surface area contributed by atoms with Gasteiger partial charge in [0.25, 0.3) is 0 Å². The highest BCUT2D eigenvalue weighted by atomic mass is 19.1. The zero-order valence-electron chi connectivity index (χ0n) is 22.4. The maximum absolute atomic E-state index is 15.5. The van der Waals surface area contributed by atoms with Gasteiger partial charge in [-0.15, -0.1) is 0 Å². The number of benzene rings is 3. The van der Waals surface area contributed by atoms with Crippen molar-refractivity contribution < 1.29 is 13.4 Å². The normalized spacial score (nSPS) is 19.1. The van der Waals surface area contributed by atoms with E-state index in [1.54, 1.807) is 6.07 Å². The molecule has 2 fully saturated rings. The Bertz CT molecular complexity index is 1660. The Hall–Kier alpha value is -3.46. The van der Waals surface area contributed by atoms with Crippen LogP contribution in [0.3, 0.4) is 0 Å². The van der Waals surface area contributed by atoms with Crippen molar-refractivity contribution >= 4 is 21.9 Å². The Labute approximate surface area is 224 Å². The average molecular weight is 505 g/mol. The minimum Gasteiger partial charge on any atom is -0.454 e. The van der Waals surface area contributed by atoms with E-state index in [0.717, 1.165) is 38.7 Å². The van der Waals surface area contributed by atoms with Crippen LogP contribution in [0.4, 0.5) is 4.39 Å². The molecule has 192 valence electrons. The minimum atomic E-state index is -0.240. The molecule has 0 bridgehead atoms. The Balaban J connectivity index is 1.33. The largest absolute Gasteiger partial charge is 0.454 e. The van der Waals surface area contributed by atoms with Gasteiger partial charge in [-0.3, -0.25) is 0 Å². The quantitative estimate of drug-likeness (QED) is 0.224. The summed E-state index contributed by atoms with van der Waals surface area (Å²) in [7, 11) is 2.05. The molecule has 0 aliphatic heterocycles. The number of pyridine rings is 1. The van der Waals surface area contributed by atoms with Gasteiger partial charge in [0.1, 0.15) is 24.0 Å². The number of hydrogen-bond donors (Lipinski definition) is 0. The lowest BCUT2D eigenvalue weighted by atomic mass is 9.67. The van der Waals surface area contributed by atoms with Crippen LogP contribution in [0, 0.1) is 18.2 Å². The van der Waals surface area contributed by atoms with Gasteiger partial charge in [-0.05, 0) is 85.3 Å². The molecular weight excluding hydrogens is 469 g/mol. The Morgan fingerprint density at radius 2 is 1.53 bits per heavy atom. The second kappa shape index (κ2) is 9.08. The first-order chi connectivity index (χ1) is 18.5. The molecular formula is C35H35FNO+. The molecule has 38 heavy (non-hydrogen) atoms. The SMILES string of the molecule is Cc1ccc2c(oc3c(-c4ccc(C5CCCC6(CCCC6)C5)cc4)c(F)ccc32)c1-c1cccc[n+]1C. The summed E-state index contributed by atoms with van der Waals surface area (Å²) in [6, 6.07) is 22.6. The van der Waals surface area contributed by atoms with E-state index in [2.05, 4.69) is 54.0 Å². The second-order valence-corrected chi connectivity index (χ2v) is 11.9. The zero-order valence-corrected chi connectivity index (χ0v) is 22.4. The summed E-state index contributed by atoms with van der Waals surface area (Å²) < 4.78 is 24.2. The van der Waals surface area contributed by atoms with E-state index in [9.17, 15) is 0 Å². The predicted octanol–water partition coefficient (Wildman–Crippen LogP) is 9.41. The third-order valence-electron chi connectivity index (χ3n) is 9.55. The van der Waals surface area contributed by atoms with Gasteiger partial charge in [-0.2, -0.15) is 0 Å². The number of aromatic nitrogens is 1. The van der Waals surface area contributed by atoms with E-state index in [0.29, 0.717) is 22.5 Å². The fourth-order valence-electron chi connectivity index (χ4n) is 7.58. The van der Waals surface area contributed by atoms with Crippen LogP contribution in [-0.4, -0.2) is 0 Å². The molecule has 2 aliphatic carbocycles. The van der Waals surface area contributed by atoms with Crippen molar-refractivity contribution in [1.82, 2.24) is 0 Å². The molecule has 2 aromatic heterocycles. The third kappa shape index (κ3) is 3.78. The molecule has 2 nitrogen and oxygen atoms in total. The summed E-state index contributed by atoms with van der Waals surface area (Å²) in [5, 5.41) is 1.97. The molecule has 0 saturated heterocycles. The molecule has 2 heterocycles. The van der Waals surface area contributed by atoms with Gasteiger partial charge < -0.3 is 4.42 Å². The van der Waals surface area contributed by atoms with Gasteiger partial charge in [0, 0.05) is 22.9 Å². The lowest BCUT2D eigenvalue weighted by molar-refractivity contribution is -0.660. The number of hydrogen-bond acceptors (Lipinski definition) is 1. The van der Waals surface area contributed by atoms with Crippen LogP contribution < -0.4 is 4.57 Å². The number of aryl methyl sites for hydroxylation is 2. The average Bonchev–Trinajstić information content (AvgIpc) is 3.53. The fourth-order valence-corrected chi connectivity index (χ4v) is 7.58. The highest BCUT2D eigenvalue weighted by molar-refractivity contribution is 6.13. The Kier molecular flexibility index (Phi) is 5.65. The predicted molar refractivity (Wildman–Crippen MR) is 153 cm³/mol. The van der Waals surface area contributed by atoms with E-state index in [1.165, 1.54) is 56.9 Å². The summed E-state index contributed by atoms with van der Waals surface area (Å²) in [4.78, 5) is 0. The standard InChI is InChI=1S/C35H35FNO/c1-23-10-15-27-28-16-17-29(36)32(34(28)38-33(27)31(23)30-9-3-6-21-37(30)2)25-13-11-24(12-14-25)26-8-7-20-35(22-26)18-4-5-19-35/h3,6,9-17,21,26H,4-5,7-8,18-20,22H2,1-2H3/q+1. The van der Waals surface area contributed by atoms with Gasteiger partial charge >= 0.3 is 0 Å². The van der Waals surface area contributed by atoms with Crippen molar-refractivity contribution in [3.8, 4) is 22.4 Å². The van der Waals surface area contributed by atoms with Crippen molar-refractivity contribution in [3.05, 3.63) is 89.9 Å². The number of halogens is 1. The van der Waals surface area contributed by atoms with Crippen molar-refractivity contribution in [3.63, 3.8) is 0 Å². The van der Waals surface area contributed by atoms with Crippen LogP contribution in [0.5, 0.6) is 0 Å². The van der Waals surface area contributed by atoms with Crippen molar-refractivity contribution in [2.24, 2.45) is 12.5 Å². The lowest BCUT2D eigenvalue weighted by Crippen LogP contribution is -2.30. The summed E-state index contributed by atoms with van der Waals surface area (Å²) in [6.07, 6.45) is 13.0. The van der Waals surface area contributed by atoms with Crippen LogP contribution in [0.1, 0.15) is 68.4 Å². The van der Waals surface area contributed by atoms with Crippen LogP contribution in [0.25, 0.3) is 44.3 Å². The van der Waals surface area contributed by atoms with Crippen molar-refractivity contribution in [1.29, 1.82) is 0 Å². The van der Waals surface area contributed by atoms with Gasteiger partial charge in [-0.25, -0.2) is 8.96 Å². The smallest absolute Gasteiger partial charge is 0.216 e. The molecule has 5 aromatic rings. The molecule has 1 atom stereocenters. The van der Waals surface area contributed by atoms with Gasteiger partial charge in [-0.1, -0.05) is 55.7 Å². The summed E-state index contributed by atoms with van der Waals surface area (Å²) >= 11 is 0. The van der Waals surface area contributed by atoms with Crippen LogP contribution in [0.2, 0.25) is 0 Å². The number of fused-ring (bicyclic) bond motifs is 3. The summed E-state index contributed by atoms with van der Waals surface area (Å²) in [6.45, 7) is 2.11. The van der Waals surface area contributed by atoms with E-state index in [4.69, 9.17) is 4.42 Å². The van der Waals surface area contributed by atoms with E-state index < -0.39 is 0 Å². The maximum Gasteiger partial charge on any atom is 0.216 e. The third-order valence-corrected chi connectivity index (χ3v) is 9.55. The highest BCUT2D eigenvalue weighted by Gasteiger charge is 2.38. The molecule has 3 aromatic carbocycles. The molecule has 1 spiro atoms.